The van der Waals surface area contributed by atoms with E-state index < -0.39 is 11.4 Å². The van der Waals surface area contributed by atoms with Gasteiger partial charge in [0.15, 0.2) is 5.13 Å². The van der Waals surface area contributed by atoms with Gasteiger partial charge in [-0.1, -0.05) is 17.4 Å². The number of nitrogens with zero attached hydrogens (tertiary/aromatic N) is 6. The van der Waals surface area contributed by atoms with Crippen molar-refractivity contribution in [2.75, 3.05) is 17.7 Å². The van der Waals surface area contributed by atoms with Crippen molar-refractivity contribution in [3.8, 4) is 11.8 Å². The van der Waals surface area contributed by atoms with Gasteiger partial charge in [-0.3, -0.25) is 9.55 Å². The number of aromatic nitrogens is 5. The van der Waals surface area contributed by atoms with E-state index in [9.17, 15) is 14.9 Å². The molecular weight excluding hydrogens is 488 g/mol. The van der Waals surface area contributed by atoms with Crippen molar-refractivity contribution >= 4 is 38.3 Å². The number of hydrogen-bond donors (Lipinski definition) is 2. The molecule has 2 N–H and O–H groups in total. The van der Waals surface area contributed by atoms with Gasteiger partial charge in [-0.15, -0.1) is 0 Å². The van der Waals surface area contributed by atoms with E-state index in [1.165, 1.54) is 22.1 Å². The first kappa shape index (κ1) is 23.9. The molecule has 3 aromatic heterocycles. The Morgan fingerprint density at radius 1 is 1.05 bits per heavy atom. The van der Waals surface area contributed by atoms with Crippen molar-refractivity contribution in [3.63, 3.8) is 0 Å². The van der Waals surface area contributed by atoms with Gasteiger partial charge in [0.05, 0.1) is 40.3 Å². The molecule has 0 unspecified atom stereocenters. The minimum atomic E-state index is -0.727. The molecule has 0 fully saturated rings. The van der Waals surface area contributed by atoms with Crippen LogP contribution in [0.1, 0.15) is 22.3 Å². The van der Waals surface area contributed by atoms with Crippen molar-refractivity contribution < 1.29 is 0 Å². The zero-order valence-corrected chi connectivity index (χ0v) is 21.1. The maximum absolute atomic E-state index is 13.8. The average molecular weight is 511 g/mol. The number of nitrogens with one attached hydrogen (secondary N) is 2. The summed E-state index contributed by atoms with van der Waals surface area (Å²) in [7, 11) is 1.81. The number of nitriles is 1. The van der Waals surface area contributed by atoms with E-state index >= 15 is 0 Å². The smallest absolute Gasteiger partial charge is 0.359 e. The summed E-state index contributed by atoms with van der Waals surface area (Å²) in [5.74, 6) is 0.0892. The van der Waals surface area contributed by atoms with Crippen LogP contribution in [0, 0.1) is 25.2 Å². The summed E-state index contributed by atoms with van der Waals surface area (Å²) in [5, 5.41) is 16.3. The predicted octanol–water partition coefficient (Wildman–Crippen LogP) is 3.72. The zero-order valence-electron chi connectivity index (χ0n) is 20.3. The van der Waals surface area contributed by atoms with Gasteiger partial charge in [-0.25, -0.2) is 19.1 Å². The summed E-state index contributed by atoms with van der Waals surface area (Å²) in [6.45, 7) is 3.83. The first-order valence-corrected chi connectivity index (χ1v) is 12.2. The Balaban J connectivity index is 1.67. The molecular formula is C26H22N8O2S. The highest BCUT2D eigenvalue weighted by molar-refractivity contribution is 7.22. The molecule has 0 aliphatic carbocycles. The van der Waals surface area contributed by atoms with Crippen LogP contribution in [0.25, 0.3) is 15.9 Å². The van der Waals surface area contributed by atoms with Gasteiger partial charge in [0.2, 0.25) is 5.95 Å². The largest absolute Gasteiger partial charge is 0.365 e. The molecule has 37 heavy (non-hydrogen) atoms. The second-order valence-corrected chi connectivity index (χ2v) is 9.50. The van der Waals surface area contributed by atoms with Gasteiger partial charge < -0.3 is 10.6 Å². The highest BCUT2D eigenvalue weighted by Crippen LogP contribution is 2.29. The summed E-state index contributed by atoms with van der Waals surface area (Å²) < 4.78 is 3.32. The van der Waals surface area contributed by atoms with E-state index in [1.54, 1.807) is 24.4 Å². The van der Waals surface area contributed by atoms with Gasteiger partial charge in [-0.2, -0.15) is 10.2 Å². The lowest BCUT2D eigenvalue weighted by Crippen LogP contribution is -2.41. The first-order chi connectivity index (χ1) is 17.9. The van der Waals surface area contributed by atoms with Crippen LogP contribution in [0.3, 0.4) is 0 Å². The number of aryl methyl sites for hydroxylation is 2. The highest BCUT2D eigenvalue weighted by Gasteiger charge is 2.17. The molecule has 184 valence electrons. The first-order valence-electron chi connectivity index (χ1n) is 11.4. The van der Waals surface area contributed by atoms with Gasteiger partial charge in [0, 0.05) is 18.9 Å². The number of fused-ring (bicyclic) bond motifs is 1. The van der Waals surface area contributed by atoms with Gasteiger partial charge in [0.1, 0.15) is 0 Å². The number of benzene rings is 2. The Bertz CT molecular complexity index is 1810. The Labute approximate surface area is 215 Å². The molecule has 0 bridgehead atoms. The molecule has 0 saturated heterocycles. The Morgan fingerprint density at radius 2 is 1.89 bits per heavy atom. The molecule has 0 radical (unpaired) electrons. The Morgan fingerprint density at radius 3 is 2.65 bits per heavy atom. The van der Waals surface area contributed by atoms with E-state index in [1.807, 2.05) is 45.2 Å². The summed E-state index contributed by atoms with van der Waals surface area (Å²) in [4.78, 5) is 39.7. The standard InChI is InChI=1S/C26H22N8O2S/c1-15-8-20(13-29-12-15)34-25(35)32-23(30-19-6-7-21-22(10-19)37-24(28-3)31-21)33(26(34)36)14-18-9-17(11-27)5-4-16(18)2/h4-10,12-13H,14H2,1-3H3,(H,28,31)(H,30,32,35). The topological polar surface area (TPSA) is 131 Å². The highest BCUT2D eigenvalue weighted by atomic mass is 32.1. The Kier molecular flexibility index (Phi) is 6.25. The van der Waals surface area contributed by atoms with Crippen LogP contribution in [0.5, 0.6) is 0 Å². The molecule has 0 atom stereocenters. The second kappa shape index (κ2) is 9.67. The second-order valence-electron chi connectivity index (χ2n) is 8.47. The third-order valence-corrected chi connectivity index (χ3v) is 6.89. The van der Waals surface area contributed by atoms with Crippen molar-refractivity contribution in [1.29, 1.82) is 5.26 Å². The molecule has 0 aliphatic heterocycles. The van der Waals surface area contributed by atoms with Gasteiger partial charge in [0.25, 0.3) is 0 Å². The number of anilines is 3. The summed E-state index contributed by atoms with van der Waals surface area (Å²) in [6, 6.07) is 14.7. The molecule has 0 spiro atoms. The minimum Gasteiger partial charge on any atom is -0.365 e. The summed E-state index contributed by atoms with van der Waals surface area (Å²) in [6.07, 6.45) is 3.09. The predicted molar refractivity (Wildman–Crippen MR) is 144 cm³/mol. The molecule has 0 aliphatic rings. The van der Waals surface area contributed by atoms with E-state index in [-0.39, 0.29) is 12.5 Å². The third-order valence-electron chi connectivity index (χ3n) is 5.85. The molecule has 11 heteroatoms. The fourth-order valence-corrected chi connectivity index (χ4v) is 4.79. The third kappa shape index (κ3) is 4.70. The van der Waals surface area contributed by atoms with Crippen LogP contribution >= 0.6 is 11.3 Å². The molecule has 0 saturated carbocycles. The lowest BCUT2D eigenvalue weighted by molar-refractivity contribution is 0.655. The number of hydrogen-bond acceptors (Lipinski definition) is 9. The van der Waals surface area contributed by atoms with E-state index in [4.69, 9.17) is 0 Å². The van der Waals surface area contributed by atoms with Gasteiger partial charge in [-0.05, 0) is 66.9 Å². The number of rotatable bonds is 6. The monoisotopic (exact) mass is 510 g/mol. The maximum atomic E-state index is 13.8. The number of thiazole rings is 1. The van der Waals surface area contributed by atoms with Crippen LogP contribution in [0.4, 0.5) is 16.8 Å². The van der Waals surface area contributed by atoms with E-state index in [0.717, 1.165) is 36.6 Å². The molecule has 5 aromatic rings. The molecule has 10 nitrogen and oxygen atoms in total. The molecule has 5 rings (SSSR count). The van der Waals surface area contributed by atoms with Crippen molar-refractivity contribution in [2.24, 2.45) is 0 Å². The lowest BCUT2D eigenvalue weighted by Gasteiger charge is -2.17. The van der Waals surface area contributed by atoms with Crippen molar-refractivity contribution in [3.05, 3.63) is 98.1 Å². The van der Waals surface area contributed by atoms with Crippen LogP contribution in [-0.2, 0) is 6.54 Å². The lowest BCUT2D eigenvalue weighted by atomic mass is 10.1. The number of pyridine rings is 1. The van der Waals surface area contributed by atoms with Crippen LogP contribution < -0.4 is 22.0 Å². The fraction of sp³-hybridized carbons (Fsp3) is 0.154. The summed E-state index contributed by atoms with van der Waals surface area (Å²) >= 11 is 1.49. The zero-order chi connectivity index (χ0) is 26.1. The average Bonchev–Trinajstić information content (AvgIpc) is 3.30. The molecule has 2 aromatic carbocycles. The van der Waals surface area contributed by atoms with Crippen LogP contribution in [0.15, 0.2) is 64.4 Å². The van der Waals surface area contributed by atoms with Crippen LogP contribution in [0.2, 0.25) is 0 Å². The normalized spacial score (nSPS) is 10.9. The minimum absolute atomic E-state index is 0.0892. The summed E-state index contributed by atoms with van der Waals surface area (Å²) in [5.41, 5.74) is 3.44. The van der Waals surface area contributed by atoms with E-state index in [2.05, 4.69) is 31.7 Å². The quantitative estimate of drug-likeness (QED) is 0.353. The molecule has 0 amide bonds. The van der Waals surface area contributed by atoms with E-state index in [0.29, 0.717) is 16.9 Å². The van der Waals surface area contributed by atoms with Crippen molar-refractivity contribution in [2.45, 2.75) is 20.4 Å². The fourth-order valence-electron chi connectivity index (χ4n) is 3.93. The van der Waals surface area contributed by atoms with Crippen LogP contribution in [-0.4, -0.2) is 31.1 Å². The maximum Gasteiger partial charge on any atom is 0.359 e. The molecule has 3 heterocycles. The van der Waals surface area contributed by atoms with Crippen molar-refractivity contribution in [1.82, 2.24) is 24.1 Å². The SMILES string of the molecule is CNc1nc2ccc(Nc3nc(=O)n(-c4cncc(C)c4)c(=O)n3Cc3cc(C#N)ccc3C)cc2s1. The van der Waals surface area contributed by atoms with Gasteiger partial charge >= 0.3 is 11.4 Å². The Hall–Kier alpha value is -4.82.